The van der Waals surface area contributed by atoms with E-state index in [-0.39, 0.29) is 0 Å². The van der Waals surface area contributed by atoms with Crippen LogP contribution < -0.4 is 0 Å². The summed E-state index contributed by atoms with van der Waals surface area (Å²) in [7, 11) is 0. The van der Waals surface area contributed by atoms with Gasteiger partial charge < -0.3 is 14.2 Å². The Hall–Kier alpha value is -0.120. The number of hydrogen-bond donors (Lipinski definition) is 0. The predicted octanol–water partition coefficient (Wildman–Crippen LogP) is 0.353. The highest BCUT2D eigenvalue weighted by atomic mass is 16.9. The molecule has 3 rings (SSSR count). The van der Waals surface area contributed by atoms with Crippen LogP contribution in [0.25, 0.3) is 0 Å². The second kappa shape index (κ2) is 1.68. The molecule has 0 atom stereocenters. The molecule has 3 aliphatic heterocycles. The molecule has 0 spiro atoms. The van der Waals surface area contributed by atoms with Crippen molar-refractivity contribution in [2.75, 3.05) is 19.8 Å². The molecule has 3 aliphatic rings. The minimum Gasteiger partial charge on any atom is -0.327 e. The molecular weight excluding hydrogens is 120 g/mol. The first-order chi connectivity index (χ1) is 4.29. The average Bonchev–Trinajstić information content (AvgIpc) is 1.90. The molecule has 0 aromatic heterocycles. The molecule has 0 radical (unpaired) electrons. The Balaban J connectivity index is 2.11. The standard InChI is InChI=1S/C6H10O3/c1-6-7-2-5(3-8-6)4-9-6/h5H,2-4H2,1H3. The number of ether oxygens (including phenoxy) is 3. The van der Waals surface area contributed by atoms with Crippen molar-refractivity contribution in [2.24, 2.45) is 5.92 Å². The molecule has 0 aromatic rings. The Morgan fingerprint density at radius 1 is 1.11 bits per heavy atom. The highest BCUT2D eigenvalue weighted by molar-refractivity contribution is 4.70. The zero-order chi connectivity index (χ0) is 6.32. The molecule has 3 nitrogen and oxygen atoms in total. The predicted molar refractivity (Wildman–Crippen MR) is 29.8 cm³/mol. The molecule has 2 bridgehead atoms. The molecule has 3 heteroatoms. The Morgan fingerprint density at radius 3 is 1.78 bits per heavy atom. The highest BCUT2D eigenvalue weighted by Gasteiger charge is 2.40. The van der Waals surface area contributed by atoms with Crippen LogP contribution in [0.3, 0.4) is 0 Å². The summed E-state index contributed by atoms with van der Waals surface area (Å²) in [6.07, 6.45) is 0. The lowest BCUT2D eigenvalue weighted by atomic mass is 10.1. The SMILES string of the molecule is CC12OCC(CO1)CO2. The summed E-state index contributed by atoms with van der Waals surface area (Å²) < 4.78 is 15.7. The quantitative estimate of drug-likeness (QED) is 0.473. The van der Waals surface area contributed by atoms with E-state index >= 15 is 0 Å². The second-order valence-corrected chi connectivity index (χ2v) is 2.66. The summed E-state index contributed by atoms with van der Waals surface area (Å²) in [5.41, 5.74) is 0. The number of fused-ring (bicyclic) bond motifs is 3. The normalized spacial score (nSPS) is 49.7. The van der Waals surface area contributed by atoms with Gasteiger partial charge in [-0.25, -0.2) is 0 Å². The molecule has 3 fully saturated rings. The van der Waals surface area contributed by atoms with Gasteiger partial charge in [-0.15, -0.1) is 0 Å². The van der Waals surface area contributed by atoms with Gasteiger partial charge in [0.2, 0.25) is 0 Å². The van der Waals surface area contributed by atoms with Crippen LogP contribution in [-0.2, 0) is 14.2 Å². The average molecular weight is 130 g/mol. The van der Waals surface area contributed by atoms with Gasteiger partial charge in [-0.1, -0.05) is 0 Å². The first-order valence-electron chi connectivity index (χ1n) is 3.20. The maximum absolute atomic E-state index is 5.22. The third kappa shape index (κ3) is 0.852. The van der Waals surface area contributed by atoms with E-state index < -0.39 is 5.97 Å². The third-order valence-corrected chi connectivity index (χ3v) is 1.74. The smallest absolute Gasteiger partial charge is 0.279 e. The van der Waals surface area contributed by atoms with E-state index in [0.29, 0.717) is 5.92 Å². The van der Waals surface area contributed by atoms with E-state index in [4.69, 9.17) is 14.2 Å². The summed E-state index contributed by atoms with van der Waals surface area (Å²) in [5.74, 6) is -0.249. The van der Waals surface area contributed by atoms with E-state index in [1.54, 1.807) is 0 Å². The van der Waals surface area contributed by atoms with Crippen molar-refractivity contribution >= 4 is 0 Å². The van der Waals surface area contributed by atoms with E-state index in [2.05, 4.69) is 0 Å². The van der Waals surface area contributed by atoms with Crippen LogP contribution in [0.15, 0.2) is 0 Å². The zero-order valence-electron chi connectivity index (χ0n) is 5.42. The summed E-state index contributed by atoms with van der Waals surface area (Å²) in [4.78, 5) is 0. The van der Waals surface area contributed by atoms with Gasteiger partial charge in [-0.2, -0.15) is 0 Å². The van der Waals surface area contributed by atoms with Crippen LogP contribution in [0.2, 0.25) is 0 Å². The van der Waals surface area contributed by atoms with Crippen molar-refractivity contribution in [3.05, 3.63) is 0 Å². The summed E-state index contributed by atoms with van der Waals surface area (Å²) in [5, 5.41) is 0. The maximum atomic E-state index is 5.22. The van der Waals surface area contributed by atoms with Gasteiger partial charge in [0.05, 0.1) is 19.8 Å². The number of hydrogen-bond acceptors (Lipinski definition) is 3. The van der Waals surface area contributed by atoms with Crippen molar-refractivity contribution in [1.29, 1.82) is 0 Å². The molecule has 0 aliphatic carbocycles. The van der Waals surface area contributed by atoms with Gasteiger partial charge in [0, 0.05) is 12.8 Å². The van der Waals surface area contributed by atoms with E-state index in [9.17, 15) is 0 Å². The van der Waals surface area contributed by atoms with Crippen LogP contribution in [0.5, 0.6) is 0 Å². The van der Waals surface area contributed by atoms with Gasteiger partial charge >= 0.3 is 0 Å². The minimum atomic E-state index is -0.714. The van der Waals surface area contributed by atoms with Crippen LogP contribution in [0.1, 0.15) is 6.92 Å². The summed E-state index contributed by atoms with van der Waals surface area (Å²) in [6.45, 7) is 4.17. The third-order valence-electron chi connectivity index (χ3n) is 1.74. The van der Waals surface area contributed by atoms with Gasteiger partial charge in [0.25, 0.3) is 5.97 Å². The topological polar surface area (TPSA) is 27.7 Å². The maximum Gasteiger partial charge on any atom is 0.279 e. The molecule has 0 N–H and O–H groups in total. The molecule has 0 saturated carbocycles. The lowest BCUT2D eigenvalue weighted by molar-refractivity contribution is -0.438. The Bertz CT molecular complexity index is 102. The van der Waals surface area contributed by atoms with Gasteiger partial charge in [-0.05, 0) is 0 Å². The fourth-order valence-electron chi connectivity index (χ4n) is 1.08. The summed E-state index contributed by atoms with van der Waals surface area (Å²) in [6, 6.07) is 0. The lowest BCUT2D eigenvalue weighted by Crippen LogP contribution is -2.51. The molecule has 9 heavy (non-hydrogen) atoms. The monoisotopic (exact) mass is 130 g/mol. The molecule has 0 amide bonds. The van der Waals surface area contributed by atoms with Crippen LogP contribution in [0, 0.1) is 5.92 Å². The Morgan fingerprint density at radius 2 is 1.56 bits per heavy atom. The van der Waals surface area contributed by atoms with E-state index in [0.717, 1.165) is 19.8 Å². The van der Waals surface area contributed by atoms with Crippen molar-refractivity contribution in [3.8, 4) is 0 Å². The summed E-state index contributed by atoms with van der Waals surface area (Å²) >= 11 is 0. The highest BCUT2D eigenvalue weighted by Crippen LogP contribution is 2.28. The van der Waals surface area contributed by atoms with Gasteiger partial charge in [-0.3, -0.25) is 0 Å². The fraction of sp³-hybridized carbons (Fsp3) is 1.00. The lowest BCUT2D eigenvalue weighted by Gasteiger charge is -2.42. The molecule has 3 heterocycles. The molecule has 52 valence electrons. The van der Waals surface area contributed by atoms with Gasteiger partial charge in [0.1, 0.15) is 0 Å². The van der Waals surface area contributed by atoms with Gasteiger partial charge in [0.15, 0.2) is 0 Å². The fourth-order valence-corrected chi connectivity index (χ4v) is 1.08. The Kier molecular flexibility index (Phi) is 1.06. The molecule has 0 aromatic carbocycles. The number of rotatable bonds is 0. The van der Waals surface area contributed by atoms with Crippen LogP contribution >= 0.6 is 0 Å². The van der Waals surface area contributed by atoms with Crippen LogP contribution in [0.4, 0.5) is 0 Å². The van der Waals surface area contributed by atoms with Crippen molar-refractivity contribution in [1.82, 2.24) is 0 Å². The van der Waals surface area contributed by atoms with E-state index in [1.807, 2.05) is 6.92 Å². The van der Waals surface area contributed by atoms with Crippen LogP contribution in [-0.4, -0.2) is 25.8 Å². The molecular formula is C6H10O3. The largest absolute Gasteiger partial charge is 0.327 e. The molecule has 0 unspecified atom stereocenters. The van der Waals surface area contributed by atoms with E-state index in [1.165, 1.54) is 0 Å². The first kappa shape index (κ1) is 5.65. The Labute approximate surface area is 53.9 Å². The second-order valence-electron chi connectivity index (χ2n) is 2.66. The molecule has 3 saturated heterocycles. The first-order valence-corrected chi connectivity index (χ1v) is 3.20. The minimum absolute atomic E-state index is 0.465. The van der Waals surface area contributed by atoms with Crippen molar-refractivity contribution < 1.29 is 14.2 Å². The van der Waals surface area contributed by atoms with Crippen molar-refractivity contribution in [2.45, 2.75) is 12.9 Å². The zero-order valence-corrected chi connectivity index (χ0v) is 5.42. The van der Waals surface area contributed by atoms with Crippen molar-refractivity contribution in [3.63, 3.8) is 0 Å².